The van der Waals surface area contributed by atoms with Crippen LogP contribution in [0.1, 0.15) is 31.9 Å². The molecule has 3 nitrogen and oxygen atoms in total. The van der Waals surface area contributed by atoms with Gasteiger partial charge in [0.2, 0.25) is 0 Å². The van der Waals surface area contributed by atoms with Gasteiger partial charge in [-0.25, -0.2) is 0 Å². The molecule has 0 spiro atoms. The molecule has 0 fully saturated rings. The lowest BCUT2D eigenvalue weighted by Gasteiger charge is -2.40. The van der Waals surface area contributed by atoms with Crippen molar-refractivity contribution in [2.24, 2.45) is 0 Å². The lowest BCUT2D eigenvalue weighted by molar-refractivity contribution is 0.00175. The molecule has 2 rings (SSSR count). The van der Waals surface area contributed by atoms with E-state index in [0.29, 0.717) is 0 Å². The minimum Gasteiger partial charge on any atom is -0.386 e. The smallest absolute Gasteiger partial charge is 0.0977 e. The Morgan fingerprint density at radius 3 is 2.68 bits per heavy atom. The van der Waals surface area contributed by atoms with Crippen molar-refractivity contribution in [3.05, 3.63) is 42.2 Å². The number of hydrogen-bond acceptors (Lipinski definition) is 3. The molecule has 102 valence electrons. The third kappa shape index (κ3) is 2.36. The average Bonchev–Trinajstić information content (AvgIpc) is 2.44. The van der Waals surface area contributed by atoms with E-state index in [1.165, 1.54) is 0 Å². The SMILES string of the molecule is CCC(C)(C(O)c1cccc2ccncc12)N(C)C. The average molecular weight is 258 g/mol. The number of aliphatic hydroxyl groups is 1. The molecule has 3 heteroatoms. The molecule has 0 aliphatic heterocycles. The van der Waals surface area contributed by atoms with Crippen LogP contribution in [-0.4, -0.2) is 34.6 Å². The Labute approximate surface area is 114 Å². The minimum absolute atomic E-state index is 0.288. The molecule has 1 aromatic heterocycles. The number of aliphatic hydroxyl groups excluding tert-OH is 1. The Hall–Kier alpha value is -1.45. The number of benzene rings is 1. The monoisotopic (exact) mass is 258 g/mol. The topological polar surface area (TPSA) is 36.4 Å². The minimum atomic E-state index is -0.541. The van der Waals surface area contributed by atoms with Crippen LogP contribution in [0.25, 0.3) is 10.8 Å². The fourth-order valence-corrected chi connectivity index (χ4v) is 2.46. The van der Waals surface area contributed by atoms with Crippen molar-refractivity contribution < 1.29 is 5.11 Å². The highest BCUT2D eigenvalue weighted by molar-refractivity contribution is 5.85. The Kier molecular flexibility index (Phi) is 3.88. The number of aromatic nitrogens is 1. The molecule has 0 saturated heterocycles. The molecule has 0 aliphatic rings. The van der Waals surface area contributed by atoms with Crippen molar-refractivity contribution in [1.82, 2.24) is 9.88 Å². The van der Waals surface area contributed by atoms with Gasteiger partial charge in [0.1, 0.15) is 0 Å². The van der Waals surface area contributed by atoms with E-state index in [1.807, 2.05) is 44.6 Å². The first kappa shape index (κ1) is 14.0. The molecule has 0 saturated carbocycles. The second-order valence-corrected chi connectivity index (χ2v) is 5.45. The number of fused-ring (bicyclic) bond motifs is 1. The molecule has 0 amide bonds. The number of rotatable bonds is 4. The van der Waals surface area contributed by atoms with Crippen LogP contribution in [0.3, 0.4) is 0 Å². The Balaban J connectivity index is 2.55. The van der Waals surface area contributed by atoms with Crippen molar-refractivity contribution in [3.8, 4) is 0 Å². The van der Waals surface area contributed by atoms with Crippen LogP contribution in [0.2, 0.25) is 0 Å². The maximum atomic E-state index is 10.8. The normalized spacial score (nSPS) is 16.5. The molecule has 19 heavy (non-hydrogen) atoms. The molecule has 2 unspecified atom stereocenters. The van der Waals surface area contributed by atoms with Gasteiger partial charge in [-0.1, -0.05) is 25.1 Å². The first-order valence-corrected chi connectivity index (χ1v) is 6.69. The van der Waals surface area contributed by atoms with Crippen LogP contribution >= 0.6 is 0 Å². The van der Waals surface area contributed by atoms with E-state index in [1.54, 1.807) is 6.20 Å². The predicted molar refractivity (Wildman–Crippen MR) is 79.1 cm³/mol. The molecule has 1 heterocycles. The van der Waals surface area contributed by atoms with E-state index >= 15 is 0 Å². The summed E-state index contributed by atoms with van der Waals surface area (Å²) in [6, 6.07) is 8.01. The van der Waals surface area contributed by atoms with Crippen molar-refractivity contribution in [1.29, 1.82) is 0 Å². The van der Waals surface area contributed by atoms with Gasteiger partial charge in [0.15, 0.2) is 0 Å². The molecule has 2 atom stereocenters. The summed E-state index contributed by atoms with van der Waals surface area (Å²) in [5.74, 6) is 0. The highest BCUT2D eigenvalue weighted by Gasteiger charge is 2.35. The molecular weight excluding hydrogens is 236 g/mol. The molecule has 1 aromatic carbocycles. The quantitative estimate of drug-likeness (QED) is 0.916. The fourth-order valence-electron chi connectivity index (χ4n) is 2.46. The third-order valence-corrected chi connectivity index (χ3v) is 4.34. The summed E-state index contributed by atoms with van der Waals surface area (Å²) in [6.45, 7) is 4.19. The van der Waals surface area contributed by atoms with E-state index in [0.717, 1.165) is 22.8 Å². The maximum absolute atomic E-state index is 10.8. The zero-order valence-corrected chi connectivity index (χ0v) is 12.1. The second kappa shape index (κ2) is 5.27. The second-order valence-electron chi connectivity index (χ2n) is 5.45. The molecule has 0 radical (unpaired) electrons. The van der Waals surface area contributed by atoms with Gasteiger partial charge in [-0.2, -0.15) is 0 Å². The lowest BCUT2D eigenvalue weighted by atomic mass is 9.84. The standard InChI is InChI=1S/C16H22N2O/c1-5-16(2,18(3)4)15(19)13-8-6-7-12-9-10-17-11-14(12)13/h6-11,15,19H,5H2,1-4H3. The summed E-state index contributed by atoms with van der Waals surface area (Å²) in [4.78, 5) is 6.27. The summed E-state index contributed by atoms with van der Waals surface area (Å²) >= 11 is 0. The van der Waals surface area contributed by atoms with Gasteiger partial charge in [-0.15, -0.1) is 0 Å². The van der Waals surface area contributed by atoms with Crippen molar-refractivity contribution in [2.45, 2.75) is 31.9 Å². The summed E-state index contributed by atoms with van der Waals surface area (Å²) in [5, 5.41) is 13.0. The van der Waals surface area contributed by atoms with Crippen LogP contribution in [0.4, 0.5) is 0 Å². The first-order chi connectivity index (χ1) is 9.00. The van der Waals surface area contributed by atoms with E-state index in [9.17, 15) is 5.11 Å². The van der Waals surface area contributed by atoms with Crippen LogP contribution in [0.15, 0.2) is 36.7 Å². The van der Waals surface area contributed by atoms with Crippen LogP contribution in [-0.2, 0) is 0 Å². The van der Waals surface area contributed by atoms with Crippen LogP contribution in [0, 0.1) is 0 Å². The maximum Gasteiger partial charge on any atom is 0.0977 e. The van der Waals surface area contributed by atoms with E-state index < -0.39 is 6.10 Å². The highest BCUT2D eigenvalue weighted by atomic mass is 16.3. The third-order valence-electron chi connectivity index (χ3n) is 4.34. The van der Waals surface area contributed by atoms with Crippen LogP contribution in [0.5, 0.6) is 0 Å². The van der Waals surface area contributed by atoms with Crippen molar-refractivity contribution >= 4 is 10.8 Å². The number of pyridine rings is 1. The summed E-state index contributed by atoms with van der Waals surface area (Å²) < 4.78 is 0. The van der Waals surface area contributed by atoms with Crippen molar-refractivity contribution in [3.63, 3.8) is 0 Å². The molecule has 0 bridgehead atoms. The predicted octanol–water partition coefficient (Wildman–Crippen LogP) is 3.00. The zero-order chi connectivity index (χ0) is 14.0. The molecular formula is C16H22N2O. The zero-order valence-electron chi connectivity index (χ0n) is 12.1. The first-order valence-electron chi connectivity index (χ1n) is 6.69. The Morgan fingerprint density at radius 1 is 1.32 bits per heavy atom. The number of hydrogen-bond donors (Lipinski definition) is 1. The van der Waals surface area contributed by atoms with Gasteiger partial charge in [-0.3, -0.25) is 4.98 Å². The molecule has 2 aromatic rings. The van der Waals surface area contributed by atoms with Gasteiger partial charge in [0, 0.05) is 23.3 Å². The van der Waals surface area contributed by atoms with Crippen molar-refractivity contribution in [2.75, 3.05) is 14.1 Å². The van der Waals surface area contributed by atoms with Gasteiger partial charge >= 0.3 is 0 Å². The lowest BCUT2D eigenvalue weighted by Crippen LogP contribution is -2.46. The fraction of sp³-hybridized carbons (Fsp3) is 0.438. The summed E-state index contributed by atoms with van der Waals surface area (Å²) in [5.41, 5.74) is 0.660. The van der Waals surface area contributed by atoms with Crippen LogP contribution < -0.4 is 0 Å². The van der Waals surface area contributed by atoms with E-state index in [4.69, 9.17) is 0 Å². The van der Waals surface area contributed by atoms with Gasteiger partial charge in [0.05, 0.1) is 6.10 Å². The van der Waals surface area contributed by atoms with Gasteiger partial charge in [-0.05, 0) is 44.5 Å². The Morgan fingerprint density at radius 2 is 2.05 bits per heavy atom. The largest absolute Gasteiger partial charge is 0.386 e. The summed E-state index contributed by atoms with van der Waals surface area (Å²) in [7, 11) is 4.02. The summed E-state index contributed by atoms with van der Waals surface area (Å²) in [6.07, 6.45) is 3.95. The van der Waals surface area contributed by atoms with Gasteiger partial charge < -0.3 is 10.0 Å². The number of nitrogens with zero attached hydrogens (tertiary/aromatic N) is 2. The van der Waals surface area contributed by atoms with E-state index in [-0.39, 0.29) is 5.54 Å². The highest BCUT2D eigenvalue weighted by Crippen LogP contribution is 2.35. The van der Waals surface area contributed by atoms with E-state index in [2.05, 4.69) is 23.7 Å². The molecule has 1 N–H and O–H groups in total. The molecule has 0 aliphatic carbocycles. The number of likely N-dealkylation sites (N-methyl/N-ethyl adjacent to an activating group) is 1. The van der Waals surface area contributed by atoms with Gasteiger partial charge in [0.25, 0.3) is 0 Å². The Bertz CT molecular complexity index is 562.